The molecule has 120 valence electrons. The predicted molar refractivity (Wildman–Crippen MR) is 87.4 cm³/mol. The number of esters is 1. The second-order valence-corrected chi connectivity index (χ2v) is 7.50. The molecule has 1 atom stereocenters. The number of hydrogen-bond donors (Lipinski definition) is 1. The van der Waals surface area contributed by atoms with Gasteiger partial charge in [0.05, 0.1) is 12.2 Å². The van der Waals surface area contributed by atoms with Crippen LogP contribution >= 0.6 is 11.3 Å². The average molecular weight is 321 g/mol. The third kappa shape index (κ3) is 2.91. The Balaban J connectivity index is 1.89. The minimum Gasteiger partial charge on any atom is -0.462 e. The van der Waals surface area contributed by atoms with E-state index in [9.17, 15) is 9.59 Å². The molecule has 1 heterocycles. The summed E-state index contributed by atoms with van der Waals surface area (Å²) in [6.45, 7) is 4.40. The van der Waals surface area contributed by atoms with Crippen LogP contribution in [-0.4, -0.2) is 18.5 Å². The molecule has 5 heteroatoms. The maximum atomic E-state index is 12.3. The van der Waals surface area contributed by atoms with Crippen LogP contribution in [-0.2, 0) is 22.4 Å². The zero-order chi connectivity index (χ0) is 15.7. The van der Waals surface area contributed by atoms with Crippen molar-refractivity contribution in [1.82, 2.24) is 0 Å². The smallest absolute Gasteiger partial charge is 0.341 e. The molecule has 1 aromatic heterocycles. The van der Waals surface area contributed by atoms with Crippen LogP contribution in [0.15, 0.2) is 0 Å². The van der Waals surface area contributed by atoms with Crippen LogP contribution in [0.25, 0.3) is 0 Å². The number of thiophene rings is 1. The van der Waals surface area contributed by atoms with Crippen molar-refractivity contribution in [3.63, 3.8) is 0 Å². The van der Waals surface area contributed by atoms with Gasteiger partial charge >= 0.3 is 5.97 Å². The Labute approximate surface area is 135 Å². The lowest BCUT2D eigenvalue weighted by Gasteiger charge is -2.23. The highest BCUT2D eigenvalue weighted by atomic mass is 32.1. The molecule has 2 aliphatic rings. The SMILES string of the molecule is CCOC(=O)c1c(NC(=O)C2CCC2)sc2c1CCC(C)C2. The fraction of sp³-hybridized carbons (Fsp3) is 0.647. The summed E-state index contributed by atoms with van der Waals surface area (Å²) in [5.74, 6) is 0.520. The molecule has 1 saturated carbocycles. The van der Waals surface area contributed by atoms with Crippen molar-refractivity contribution in [2.45, 2.75) is 52.4 Å². The molecule has 1 fully saturated rings. The van der Waals surface area contributed by atoms with E-state index in [0.717, 1.165) is 44.1 Å². The monoisotopic (exact) mass is 321 g/mol. The molecule has 22 heavy (non-hydrogen) atoms. The fourth-order valence-corrected chi connectivity index (χ4v) is 4.54. The molecule has 4 nitrogen and oxygen atoms in total. The van der Waals surface area contributed by atoms with Crippen LogP contribution in [0.5, 0.6) is 0 Å². The summed E-state index contributed by atoms with van der Waals surface area (Å²) in [4.78, 5) is 25.8. The number of rotatable bonds is 4. The molecule has 0 bridgehead atoms. The molecule has 1 N–H and O–H groups in total. The van der Waals surface area contributed by atoms with Crippen molar-refractivity contribution < 1.29 is 14.3 Å². The number of anilines is 1. The Morgan fingerprint density at radius 3 is 2.73 bits per heavy atom. The fourth-order valence-electron chi connectivity index (χ4n) is 3.14. The molecule has 2 aliphatic carbocycles. The van der Waals surface area contributed by atoms with Gasteiger partial charge in [-0.05, 0) is 50.5 Å². The molecule has 0 aliphatic heterocycles. The number of carbonyl (C=O) groups excluding carboxylic acids is 2. The first-order valence-electron chi connectivity index (χ1n) is 8.22. The van der Waals surface area contributed by atoms with Crippen LogP contribution < -0.4 is 5.32 Å². The van der Waals surface area contributed by atoms with Gasteiger partial charge in [0.1, 0.15) is 5.00 Å². The second kappa shape index (κ2) is 6.41. The van der Waals surface area contributed by atoms with E-state index >= 15 is 0 Å². The minimum absolute atomic E-state index is 0.0587. The average Bonchev–Trinajstić information content (AvgIpc) is 2.73. The van der Waals surface area contributed by atoms with Crippen molar-refractivity contribution in [3.8, 4) is 0 Å². The number of nitrogens with one attached hydrogen (secondary N) is 1. The van der Waals surface area contributed by atoms with E-state index in [4.69, 9.17) is 4.74 Å². The Kier molecular flexibility index (Phi) is 4.52. The Morgan fingerprint density at radius 1 is 1.32 bits per heavy atom. The molecule has 1 aromatic rings. The van der Waals surface area contributed by atoms with Gasteiger partial charge in [-0.25, -0.2) is 4.79 Å². The zero-order valence-electron chi connectivity index (χ0n) is 13.2. The van der Waals surface area contributed by atoms with Gasteiger partial charge in [-0.1, -0.05) is 13.3 Å². The van der Waals surface area contributed by atoms with Crippen LogP contribution in [0, 0.1) is 11.8 Å². The third-order valence-electron chi connectivity index (χ3n) is 4.70. The Hall–Kier alpha value is -1.36. The number of carbonyl (C=O) groups is 2. The van der Waals surface area contributed by atoms with Crippen molar-refractivity contribution in [2.24, 2.45) is 11.8 Å². The normalized spacial score (nSPS) is 20.9. The van der Waals surface area contributed by atoms with Gasteiger partial charge in [0, 0.05) is 10.8 Å². The number of ether oxygens (including phenoxy) is 1. The van der Waals surface area contributed by atoms with Gasteiger partial charge in [-0.3, -0.25) is 4.79 Å². The van der Waals surface area contributed by atoms with Crippen LogP contribution in [0.1, 0.15) is 60.3 Å². The quantitative estimate of drug-likeness (QED) is 0.859. The maximum Gasteiger partial charge on any atom is 0.341 e. The van der Waals surface area contributed by atoms with Gasteiger partial charge < -0.3 is 10.1 Å². The Bertz CT molecular complexity index is 589. The number of hydrogen-bond acceptors (Lipinski definition) is 4. The lowest BCUT2D eigenvalue weighted by Crippen LogP contribution is -2.28. The standard InChI is InChI=1S/C17H23NO3S/c1-3-21-17(20)14-12-8-7-10(2)9-13(12)22-16(14)18-15(19)11-5-4-6-11/h10-11H,3-9H2,1-2H3,(H,18,19). The van der Waals surface area contributed by atoms with Crippen LogP contribution in [0.2, 0.25) is 0 Å². The van der Waals surface area contributed by atoms with Crippen molar-refractivity contribution in [3.05, 3.63) is 16.0 Å². The maximum absolute atomic E-state index is 12.3. The van der Waals surface area contributed by atoms with E-state index in [-0.39, 0.29) is 17.8 Å². The van der Waals surface area contributed by atoms with Gasteiger partial charge in [-0.15, -0.1) is 11.3 Å². The summed E-state index contributed by atoms with van der Waals surface area (Å²) in [7, 11) is 0. The minimum atomic E-state index is -0.293. The molecule has 0 saturated heterocycles. The summed E-state index contributed by atoms with van der Waals surface area (Å²) in [6, 6.07) is 0. The van der Waals surface area contributed by atoms with Crippen molar-refractivity contribution in [1.29, 1.82) is 0 Å². The highest BCUT2D eigenvalue weighted by molar-refractivity contribution is 7.17. The summed E-state index contributed by atoms with van der Waals surface area (Å²) in [6.07, 6.45) is 6.03. The first kappa shape index (κ1) is 15.5. The van der Waals surface area contributed by atoms with Gasteiger partial charge in [0.25, 0.3) is 0 Å². The number of fused-ring (bicyclic) bond motifs is 1. The summed E-state index contributed by atoms with van der Waals surface area (Å²) >= 11 is 1.57. The van der Waals surface area contributed by atoms with E-state index in [1.807, 2.05) is 6.92 Å². The molecule has 1 amide bonds. The Morgan fingerprint density at radius 2 is 2.09 bits per heavy atom. The molecular weight excluding hydrogens is 298 g/mol. The molecular formula is C17H23NO3S. The lowest BCUT2D eigenvalue weighted by atomic mass is 9.85. The summed E-state index contributed by atoms with van der Waals surface area (Å²) in [5.41, 5.74) is 1.71. The molecule has 0 radical (unpaired) electrons. The summed E-state index contributed by atoms with van der Waals surface area (Å²) < 4.78 is 5.22. The predicted octanol–water partition coefficient (Wildman–Crippen LogP) is 3.79. The largest absolute Gasteiger partial charge is 0.462 e. The molecule has 3 rings (SSSR count). The van der Waals surface area contributed by atoms with Crippen LogP contribution in [0.3, 0.4) is 0 Å². The van der Waals surface area contributed by atoms with Crippen LogP contribution in [0.4, 0.5) is 5.00 Å². The molecule has 0 spiro atoms. The first-order chi connectivity index (χ1) is 10.6. The van der Waals surface area contributed by atoms with E-state index in [1.54, 1.807) is 11.3 Å². The van der Waals surface area contributed by atoms with Crippen molar-refractivity contribution in [2.75, 3.05) is 11.9 Å². The van der Waals surface area contributed by atoms with Gasteiger partial charge in [-0.2, -0.15) is 0 Å². The first-order valence-corrected chi connectivity index (χ1v) is 9.04. The van der Waals surface area contributed by atoms with E-state index in [1.165, 1.54) is 4.88 Å². The van der Waals surface area contributed by atoms with E-state index < -0.39 is 0 Å². The van der Waals surface area contributed by atoms with Crippen molar-refractivity contribution >= 4 is 28.2 Å². The second-order valence-electron chi connectivity index (χ2n) is 6.39. The molecule has 0 aromatic carbocycles. The highest BCUT2D eigenvalue weighted by Crippen LogP contribution is 2.40. The highest BCUT2D eigenvalue weighted by Gasteiger charge is 2.31. The van der Waals surface area contributed by atoms with Gasteiger partial charge in [0.15, 0.2) is 0 Å². The topological polar surface area (TPSA) is 55.4 Å². The van der Waals surface area contributed by atoms with E-state index in [0.29, 0.717) is 23.1 Å². The zero-order valence-corrected chi connectivity index (χ0v) is 14.1. The van der Waals surface area contributed by atoms with E-state index in [2.05, 4.69) is 12.2 Å². The summed E-state index contributed by atoms with van der Waals surface area (Å²) in [5, 5.41) is 3.71. The molecule has 1 unspecified atom stereocenters. The third-order valence-corrected chi connectivity index (χ3v) is 5.87. The number of amides is 1. The van der Waals surface area contributed by atoms with Gasteiger partial charge in [0.2, 0.25) is 5.91 Å². The lowest BCUT2D eigenvalue weighted by molar-refractivity contribution is -0.122.